The number of nitrogens with zero attached hydrogens (tertiary/aromatic N) is 1. The molecule has 0 amide bonds. The fraction of sp³-hybridized carbons (Fsp3) is 0.105. The summed E-state index contributed by atoms with van der Waals surface area (Å²) in [7, 11) is 0. The summed E-state index contributed by atoms with van der Waals surface area (Å²) in [5, 5.41) is 0.784. The number of alkyl halides is 1. The predicted molar refractivity (Wildman–Crippen MR) is 113 cm³/mol. The first-order valence-corrected chi connectivity index (χ1v) is 10.3. The normalized spacial score (nSPS) is 10.6. The molecule has 0 spiro atoms. The lowest BCUT2D eigenvalue weighted by molar-refractivity contribution is 0.303. The van der Waals surface area contributed by atoms with Gasteiger partial charge in [0.15, 0.2) is 5.75 Å². The highest BCUT2D eigenvalue weighted by Crippen LogP contribution is 2.41. The molecule has 0 bridgehead atoms. The molecule has 3 aromatic rings. The van der Waals surface area contributed by atoms with Gasteiger partial charge in [-0.05, 0) is 55.2 Å². The minimum absolute atomic E-state index is 0.512. The Kier molecular flexibility index (Phi) is 6.30. The lowest BCUT2D eigenvalue weighted by atomic mass is 10.0. The molecule has 5 heteroatoms. The number of ether oxygens (including phenoxy) is 1. The molecule has 1 heterocycles. The molecule has 0 aliphatic rings. The van der Waals surface area contributed by atoms with Crippen LogP contribution < -0.4 is 4.74 Å². The quantitative estimate of drug-likeness (QED) is 0.200. The minimum Gasteiger partial charge on any atom is -0.485 e. The zero-order chi connectivity index (χ0) is 16.9. The molecule has 2 nitrogen and oxygen atoms in total. The average Bonchev–Trinajstić information content (AvgIpc) is 2.63. The lowest BCUT2D eigenvalue weighted by Crippen LogP contribution is -2.02. The van der Waals surface area contributed by atoms with Crippen LogP contribution >= 0.6 is 54.5 Å². The fourth-order valence-corrected chi connectivity index (χ4v) is 3.99. The van der Waals surface area contributed by atoms with Crippen LogP contribution in [-0.4, -0.2) is 4.98 Å². The summed E-state index contributed by atoms with van der Waals surface area (Å²) >= 11 is 9.45. The molecule has 0 unspecified atom stereocenters. The van der Waals surface area contributed by atoms with Gasteiger partial charge in [0.1, 0.15) is 10.3 Å². The fourth-order valence-electron chi connectivity index (χ4n) is 2.44. The second kappa shape index (κ2) is 8.45. The van der Waals surface area contributed by atoms with Crippen LogP contribution in [0.5, 0.6) is 5.75 Å². The number of aromatic nitrogens is 1. The summed E-state index contributed by atoms with van der Waals surface area (Å²) in [5.74, 6) is 0.808. The highest BCUT2D eigenvalue weighted by molar-refractivity contribution is 14.1. The molecular formula is C19H14Br2INO. The number of pyridine rings is 1. The summed E-state index contributed by atoms with van der Waals surface area (Å²) in [4.78, 5) is 4.44. The van der Waals surface area contributed by atoms with E-state index in [1.54, 1.807) is 0 Å². The van der Waals surface area contributed by atoms with Gasteiger partial charge in [-0.15, -0.1) is 0 Å². The molecule has 0 radical (unpaired) electrons. The summed E-state index contributed by atoms with van der Waals surface area (Å²) in [6.07, 6.45) is 1.83. The highest BCUT2D eigenvalue weighted by Gasteiger charge is 2.18. The number of hydrogen-bond acceptors (Lipinski definition) is 2. The van der Waals surface area contributed by atoms with Gasteiger partial charge in [0.25, 0.3) is 0 Å². The number of rotatable bonds is 5. The van der Waals surface area contributed by atoms with Crippen LogP contribution in [0.3, 0.4) is 0 Å². The van der Waals surface area contributed by atoms with Gasteiger partial charge in [0.2, 0.25) is 0 Å². The molecule has 24 heavy (non-hydrogen) atoms. The molecule has 0 N–H and O–H groups in total. The standard InChI is InChI=1S/C19H14Br2INO/c20-10-14-8-4-5-9-15(14)17-16(21)11-23-19(22)18(17)24-12-13-6-2-1-3-7-13/h1-9,11H,10,12H2. The second-order valence-corrected chi connectivity index (χ2v) is 7.60. The van der Waals surface area contributed by atoms with Crippen LogP contribution in [0.1, 0.15) is 11.1 Å². The molecule has 122 valence electrons. The van der Waals surface area contributed by atoms with Gasteiger partial charge in [-0.1, -0.05) is 70.5 Å². The first-order valence-electron chi connectivity index (χ1n) is 7.35. The van der Waals surface area contributed by atoms with Gasteiger partial charge >= 0.3 is 0 Å². The van der Waals surface area contributed by atoms with E-state index >= 15 is 0 Å². The molecule has 0 fully saturated rings. The Morgan fingerprint density at radius 2 is 1.71 bits per heavy atom. The van der Waals surface area contributed by atoms with Crippen molar-refractivity contribution in [1.29, 1.82) is 0 Å². The Labute approximate surface area is 172 Å². The Morgan fingerprint density at radius 3 is 2.46 bits per heavy atom. The van der Waals surface area contributed by atoms with E-state index in [1.165, 1.54) is 5.56 Å². The van der Waals surface area contributed by atoms with Gasteiger partial charge < -0.3 is 4.74 Å². The smallest absolute Gasteiger partial charge is 0.160 e. The maximum Gasteiger partial charge on any atom is 0.160 e. The third-order valence-corrected chi connectivity index (χ3v) is 5.57. The third kappa shape index (κ3) is 4.00. The molecule has 0 saturated carbocycles. The van der Waals surface area contributed by atoms with Crippen molar-refractivity contribution in [1.82, 2.24) is 4.98 Å². The molecule has 0 aliphatic carbocycles. The Morgan fingerprint density at radius 1 is 1.00 bits per heavy atom. The summed E-state index contributed by atoms with van der Waals surface area (Å²) in [5.41, 5.74) is 4.53. The minimum atomic E-state index is 0.512. The van der Waals surface area contributed by atoms with Crippen molar-refractivity contribution in [3.05, 3.63) is 80.1 Å². The van der Waals surface area contributed by atoms with E-state index in [9.17, 15) is 0 Å². The van der Waals surface area contributed by atoms with Gasteiger partial charge in [-0.2, -0.15) is 0 Å². The Bertz CT molecular complexity index is 840. The number of benzene rings is 2. The van der Waals surface area contributed by atoms with Crippen molar-refractivity contribution in [3.8, 4) is 16.9 Å². The van der Waals surface area contributed by atoms with Gasteiger partial charge in [0, 0.05) is 21.6 Å². The monoisotopic (exact) mass is 557 g/mol. The average molecular weight is 559 g/mol. The van der Waals surface area contributed by atoms with E-state index in [2.05, 4.69) is 83.7 Å². The van der Waals surface area contributed by atoms with Gasteiger partial charge in [-0.3, -0.25) is 0 Å². The first kappa shape index (κ1) is 17.9. The molecule has 3 rings (SSSR count). The van der Waals surface area contributed by atoms with Crippen LogP contribution in [0, 0.1) is 3.70 Å². The van der Waals surface area contributed by atoms with E-state index in [-0.39, 0.29) is 0 Å². The largest absolute Gasteiger partial charge is 0.485 e. The van der Waals surface area contributed by atoms with E-state index < -0.39 is 0 Å². The Balaban J connectivity index is 2.04. The topological polar surface area (TPSA) is 22.1 Å². The molecule has 0 saturated heterocycles. The highest BCUT2D eigenvalue weighted by atomic mass is 127. The summed E-state index contributed by atoms with van der Waals surface area (Å²) < 4.78 is 7.96. The zero-order valence-electron chi connectivity index (χ0n) is 12.7. The SMILES string of the molecule is BrCc1ccccc1-c1c(Br)cnc(I)c1OCc1ccccc1. The maximum atomic E-state index is 6.17. The maximum absolute atomic E-state index is 6.17. The zero-order valence-corrected chi connectivity index (χ0v) is 18.0. The van der Waals surface area contributed by atoms with Crippen molar-refractivity contribution >= 4 is 54.5 Å². The van der Waals surface area contributed by atoms with Crippen molar-refractivity contribution in [2.24, 2.45) is 0 Å². The third-order valence-electron chi connectivity index (χ3n) is 3.60. The summed E-state index contributed by atoms with van der Waals surface area (Å²) in [6, 6.07) is 18.5. The number of halogens is 3. The van der Waals surface area contributed by atoms with E-state index in [0.717, 1.165) is 35.9 Å². The van der Waals surface area contributed by atoms with Crippen LogP contribution in [0.25, 0.3) is 11.1 Å². The Hall–Kier alpha value is -0.920. The van der Waals surface area contributed by atoms with Crippen LogP contribution in [-0.2, 0) is 11.9 Å². The molecule has 0 atom stereocenters. The van der Waals surface area contributed by atoms with Gasteiger partial charge in [-0.25, -0.2) is 4.98 Å². The van der Waals surface area contributed by atoms with E-state index in [1.807, 2.05) is 36.5 Å². The van der Waals surface area contributed by atoms with Gasteiger partial charge in [0.05, 0.1) is 0 Å². The second-order valence-electron chi connectivity index (χ2n) is 5.17. The van der Waals surface area contributed by atoms with Crippen LogP contribution in [0.2, 0.25) is 0 Å². The van der Waals surface area contributed by atoms with Crippen molar-refractivity contribution in [3.63, 3.8) is 0 Å². The van der Waals surface area contributed by atoms with E-state index in [0.29, 0.717) is 6.61 Å². The number of hydrogen-bond donors (Lipinski definition) is 0. The molecule has 0 aliphatic heterocycles. The van der Waals surface area contributed by atoms with E-state index in [4.69, 9.17) is 4.74 Å². The lowest BCUT2D eigenvalue weighted by Gasteiger charge is -2.16. The van der Waals surface area contributed by atoms with Crippen LogP contribution in [0.15, 0.2) is 65.3 Å². The molecule has 2 aromatic carbocycles. The van der Waals surface area contributed by atoms with Crippen molar-refractivity contribution in [2.75, 3.05) is 0 Å². The van der Waals surface area contributed by atoms with Crippen molar-refractivity contribution < 1.29 is 4.74 Å². The summed E-state index contributed by atoms with van der Waals surface area (Å²) in [6.45, 7) is 0.512. The first-order chi connectivity index (χ1) is 11.7. The molecule has 1 aromatic heterocycles. The molecular weight excluding hydrogens is 545 g/mol. The van der Waals surface area contributed by atoms with Crippen LogP contribution in [0.4, 0.5) is 0 Å². The van der Waals surface area contributed by atoms with Crippen molar-refractivity contribution in [2.45, 2.75) is 11.9 Å². The predicted octanol–water partition coefficient (Wildman–Crippen LogP) is 6.59.